The fourth-order valence-corrected chi connectivity index (χ4v) is 3.83. The van der Waals surface area contributed by atoms with Crippen LogP contribution >= 0.6 is 0 Å². The molecule has 0 aliphatic rings. The van der Waals surface area contributed by atoms with E-state index in [0.717, 1.165) is 21.9 Å². The van der Waals surface area contributed by atoms with Crippen LogP contribution in [0.4, 0.5) is 0 Å². The predicted molar refractivity (Wildman–Crippen MR) is 98.6 cm³/mol. The second kappa shape index (κ2) is 8.27. The van der Waals surface area contributed by atoms with Crippen LogP contribution in [0.5, 0.6) is 0 Å². The van der Waals surface area contributed by atoms with Crippen molar-refractivity contribution in [3.63, 3.8) is 0 Å². The maximum absolute atomic E-state index is 12.5. The Bertz CT molecular complexity index is 820. The predicted octanol–water partition coefficient (Wildman–Crippen LogP) is 2.88. The molecule has 0 aliphatic carbocycles. The van der Waals surface area contributed by atoms with Crippen LogP contribution < -0.4 is 5.32 Å². The molecule has 1 amide bonds. The monoisotopic (exact) mass is 360 g/mol. The van der Waals surface area contributed by atoms with Gasteiger partial charge in [0.15, 0.2) is 0 Å². The van der Waals surface area contributed by atoms with Gasteiger partial charge in [0.25, 0.3) is 0 Å². The van der Waals surface area contributed by atoms with Gasteiger partial charge in [-0.3, -0.25) is 4.79 Å². The Kier molecular flexibility index (Phi) is 6.33. The average molecular weight is 360 g/mol. The highest BCUT2D eigenvalue weighted by Crippen LogP contribution is 2.20. The van der Waals surface area contributed by atoms with Crippen molar-refractivity contribution in [1.29, 1.82) is 0 Å². The van der Waals surface area contributed by atoms with Gasteiger partial charge >= 0.3 is 0 Å². The minimum atomic E-state index is -3.68. The Hall–Kier alpha value is -2.18. The molecular formula is C19H24N2O3S. The van der Waals surface area contributed by atoms with Gasteiger partial charge in [0.05, 0.1) is 17.5 Å². The van der Waals surface area contributed by atoms with E-state index >= 15 is 0 Å². The molecule has 0 spiro atoms. The molecule has 1 N–H and O–H groups in total. The SMILES string of the molecule is CCC(NC(=O)CN(C)S(=O)(=O)c1ccccc1)c1ccccc1C. The molecule has 6 heteroatoms. The summed E-state index contributed by atoms with van der Waals surface area (Å²) in [5, 5.41) is 2.93. The molecule has 5 nitrogen and oxygen atoms in total. The number of aryl methyl sites for hydroxylation is 1. The smallest absolute Gasteiger partial charge is 0.243 e. The molecule has 0 bridgehead atoms. The summed E-state index contributed by atoms with van der Waals surface area (Å²) >= 11 is 0. The van der Waals surface area contributed by atoms with Crippen molar-refractivity contribution >= 4 is 15.9 Å². The van der Waals surface area contributed by atoms with Crippen LogP contribution in [-0.2, 0) is 14.8 Å². The highest BCUT2D eigenvalue weighted by molar-refractivity contribution is 7.89. The van der Waals surface area contributed by atoms with E-state index < -0.39 is 10.0 Å². The lowest BCUT2D eigenvalue weighted by Gasteiger charge is -2.22. The summed E-state index contributed by atoms with van der Waals surface area (Å²) < 4.78 is 26.1. The first-order chi connectivity index (χ1) is 11.9. The van der Waals surface area contributed by atoms with E-state index in [4.69, 9.17) is 0 Å². The molecule has 2 aromatic rings. The molecular weight excluding hydrogens is 336 g/mol. The van der Waals surface area contributed by atoms with Crippen molar-refractivity contribution in [2.75, 3.05) is 13.6 Å². The molecule has 0 saturated heterocycles. The van der Waals surface area contributed by atoms with Crippen LogP contribution in [0, 0.1) is 6.92 Å². The molecule has 0 fully saturated rings. The fourth-order valence-electron chi connectivity index (χ4n) is 2.68. The molecule has 2 aromatic carbocycles. The fraction of sp³-hybridized carbons (Fsp3) is 0.316. The summed E-state index contributed by atoms with van der Waals surface area (Å²) in [6, 6.07) is 15.8. The number of nitrogens with zero attached hydrogens (tertiary/aromatic N) is 1. The van der Waals surface area contributed by atoms with E-state index in [9.17, 15) is 13.2 Å². The Morgan fingerprint density at radius 1 is 1.08 bits per heavy atom. The zero-order chi connectivity index (χ0) is 18.4. The number of sulfonamides is 1. The average Bonchev–Trinajstić information content (AvgIpc) is 2.61. The van der Waals surface area contributed by atoms with Gasteiger partial charge in [-0.1, -0.05) is 49.4 Å². The van der Waals surface area contributed by atoms with Gasteiger partial charge in [-0.25, -0.2) is 8.42 Å². The van der Waals surface area contributed by atoms with Gasteiger partial charge in [0.1, 0.15) is 0 Å². The van der Waals surface area contributed by atoms with E-state index in [2.05, 4.69) is 5.32 Å². The second-order valence-corrected chi connectivity index (χ2v) is 8.00. The third kappa shape index (κ3) is 4.67. The number of carbonyl (C=O) groups excluding carboxylic acids is 1. The minimum absolute atomic E-state index is 0.137. The molecule has 0 radical (unpaired) electrons. The van der Waals surface area contributed by atoms with Gasteiger partial charge in [0, 0.05) is 7.05 Å². The van der Waals surface area contributed by atoms with Gasteiger partial charge in [0.2, 0.25) is 15.9 Å². The topological polar surface area (TPSA) is 66.5 Å². The summed E-state index contributed by atoms with van der Waals surface area (Å²) in [5.74, 6) is -0.322. The zero-order valence-electron chi connectivity index (χ0n) is 14.8. The molecule has 25 heavy (non-hydrogen) atoms. The van der Waals surface area contributed by atoms with Gasteiger partial charge < -0.3 is 5.32 Å². The van der Waals surface area contributed by atoms with Crippen molar-refractivity contribution in [1.82, 2.24) is 9.62 Å². The van der Waals surface area contributed by atoms with E-state index in [0.29, 0.717) is 0 Å². The molecule has 0 saturated carbocycles. The van der Waals surface area contributed by atoms with E-state index in [1.165, 1.54) is 19.2 Å². The van der Waals surface area contributed by atoms with E-state index in [1.54, 1.807) is 18.2 Å². The molecule has 0 heterocycles. The number of hydrogen-bond donors (Lipinski definition) is 1. The van der Waals surface area contributed by atoms with Crippen LogP contribution in [0.25, 0.3) is 0 Å². The maximum atomic E-state index is 12.5. The number of carbonyl (C=O) groups is 1. The summed E-state index contributed by atoms with van der Waals surface area (Å²) in [5.41, 5.74) is 2.15. The first kappa shape index (κ1) is 19.1. The number of likely N-dealkylation sites (N-methyl/N-ethyl adjacent to an activating group) is 1. The molecule has 2 rings (SSSR count). The Morgan fingerprint density at radius 2 is 1.68 bits per heavy atom. The van der Waals surface area contributed by atoms with Crippen molar-refractivity contribution < 1.29 is 13.2 Å². The largest absolute Gasteiger partial charge is 0.348 e. The highest BCUT2D eigenvalue weighted by atomic mass is 32.2. The van der Waals surface area contributed by atoms with Crippen LogP contribution in [0.1, 0.15) is 30.5 Å². The molecule has 134 valence electrons. The zero-order valence-corrected chi connectivity index (χ0v) is 15.6. The number of hydrogen-bond acceptors (Lipinski definition) is 3. The first-order valence-electron chi connectivity index (χ1n) is 8.22. The Balaban J connectivity index is 2.07. The number of benzene rings is 2. The lowest BCUT2D eigenvalue weighted by atomic mass is 9.99. The lowest BCUT2D eigenvalue weighted by Crippen LogP contribution is -2.39. The first-order valence-corrected chi connectivity index (χ1v) is 9.66. The van der Waals surface area contributed by atoms with Crippen molar-refractivity contribution in [3.05, 3.63) is 65.7 Å². The van der Waals surface area contributed by atoms with E-state index in [-0.39, 0.29) is 23.4 Å². The highest BCUT2D eigenvalue weighted by Gasteiger charge is 2.24. The second-order valence-electron chi connectivity index (χ2n) is 5.96. The summed E-state index contributed by atoms with van der Waals surface area (Å²) in [6.45, 7) is 3.76. The summed E-state index contributed by atoms with van der Waals surface area (Å²) in [7, 11) is -2.26. The van der Waals surface area contributed by atoms with Crippen molar-refractivity contribution in [3.8, 4) is 0 Å². The Labute approximate surface area is 149 Å². The van der Waals surface area contributed by atoms with Crippen LogP contribution in [-0.4, -0.2) is 32.2 Å². The van der Waals surface area contributed by atoms with Gasteiger partial charge in [-0.2, -0.15) is 4.31 Å². The van der Waals surface area contributed by atoms with Crippen molar-refractivity contribution in [2.24, 2.45) is 0 Å². The minimum Gasteiger partial charge on any atom is -0.348 e. The summed E-state index contributed by atoms with van der Waals surface area (Å²) in [6.07, 6.45) is 0.728. The third-order valence-electron chi connectivity index (χ3n) is 4.12. The third-order valence-corrected chi connectivity index (χ3v) is 5.94. The van der Waals surface area contributed by atoms with Crippen LogP contribution in [0.3, 0.4) is 0 Å². The molecule has 0 aromatic heterocycles. The molecule has 1 unspecified atom stereocenters. The Morgan fingerprint density at radius 3 is 2.28 bits per heavy atom. The normalized spacial score (nSPS) is 12.8. The standard InChI is InChI=1S/C19H24N2O3S/c1-4-18(17-13-9-8-10-15(17)2)20-19(22)14-21(3)25(23,24)16-11-6-5-7-12-16/h5-13,18H,4,14H2,1-3H3,(H,20,22). The van der Waals surface area contributed by atoms with Gasteiger partial charge in [-0.05, 0) is 36.6 Å². The lowest BCUT2D eigenvalue weighted by molar-refractivity contribution is -0.121. The molecule has 0 aliphatic heterocycles. The van der Waals surface area contributed by atoms with E-state index in [1.807, 2.05) is 38.1 Å². The maximum Gasteiger partial charge on any atom is 0.243 e. The number of amides is 1. The molecule has 1 atom stereocenters. The number of nitrogens with one attached hydrogen (secondary N) is 1. The van der Waals surface area contributed by atoms with Crippen molar-refractivity contribution in [2.45, 2.75) is 31.2 Å². The van der Waals surface area contributed by atoms with Crippen LogP contribution in [0.2, 0.25) is 0 Å². The van der Waals surface area contributed by atoms with Crippen LogP contribution in [0.15, 0.2) is 59.5 Å². The van der Waals surface area contributed by atoms with Gasteiger partial charge in [-0.15, -0.1) is 0 Å². The quantitative estimate of drug-likeness (QED) is 0.826. The number of rotatable bonds is 7. The summed E-state index contributed by atoms with van der Waals surface area (Å²) in [4.78, 5) is 12.5.